The summed E-state index contributed by atoms with van der Waals surface area (Å²) >= 11 is 0. The van der Waals surface area contributed by atoms with E-state index >= 15 is 0 Å². The fourth-order valence-electron chi connectivity index (χ4n) is 4.07. The number of unbranched alkanes of at least 4 members (excludes halogenated alkanes) is 1. The predicted octanol–water partition coefficient (Wildman–Crippen LogP) is -6.25. The number of amides is 6. The van der Waals surface area contributed by atoms with Crippen molar-refractivity contribution in [1.29, 1.82) is 0 Å². The highest BCUT2D eigenvalue weighted by Gasteiger charge is 2.33. The van der Waals surface area contributed by atoms with Crippen molar-refractivity contribution in [3.8, 4) is 5.75 Å². The van der Waals surface area contributed by atoms with Crippen LogP contribution in [0.4, 0.5) is 0 Å². The van der Waals surface area contributed by atoms with Crippen molar-refractivity contribution in [2.75, 3.05) is 26.4 Å². The minimum Gasteiger partial charge on any atom is -0.508 e. The Kier molecular flexibility index (Phi) is 18.1. The third-order valence-corrected chi connectivity index (χ3v) is 6.78. The normalized spacial score (nSPS) is 14.6. The molecule has 1 aromatic rings. The van der Waals surface area contributed by atoms with Gasteiger partial charge in [0.25, 0.3) is 0 Å². The van der Waals surface area contributed by atoms with Crippen molar-refractivity contribution in [3.05, 3.63) is 29.8 Å². The molecule has 6 amide bonds. The zero-order valence-corrected chi connectivity index (χ0v) is 26.0. The molecular formula is C28H44N8O12. The van der Waals surface area contributed by atoms with Gasteiger partial charge in [-0.3, -0.25) is 28.8 Å². The molecule has 0 radical (unpaired) electrons. The number of aliphatic hydroxyl groups is 3. The van der Waals surface area contributed by atoms with Crippen LogP contribution in [0.3, 0.4) is 0 Å². The molecular weight excluding hydrogens is 640 g/mol. The molecule has 0 aliphatic carbocycles. The molecule has 0 aliphatic rings. The first-order chi connectivity index (χ1) is 22.7. The fraction of sp³-hybridized carbons (Fsp3) is 0.536. The number of benzene rings is 1. The lowest BCUT2D eigenvalue weighted by molar-refractivity contribution is -0.143. The van der Waals surface area contributed by atoms with Gasteiger partial charge in [0, 0.05) is 6.42 Å². The largest absolute Gasteiger partial charge is 0.508 e. The second-order valence-electron chi connectivity index (χ2n) is 10.6. The molecule has 0 saturated carbocycles. The molecule has 0 aromatic heterocycles. The number of aliphatic hydroxyl groups excluding tert-OH is 3. The highest BCUT2D eigenvalue weighted by atomic mass is 16.4. The lowest BCUT2D eigenvalue weighted by Crippen LogP contribution is -2.61. The van der Waals surface area contributed by atoms with Crippen LogP contribution < -0.4 is 43.8 Å². The van der Waals surface area contributed by atoms with Crippen molar-refractivity contribution in [1.82, 2.24) is 26.6 Å². The molecule has 0 fully saturated rings. The zero-order valence-electron chi connectivity index (χ0n) is 26.0. The summed E-state index contributed by atoms with van der Waals surface area (Å²) in [6.45, 7) is -2.71. The average Bonchev–Trinajstić information content (AvgIpc) is 3.04. The Labute approximate surface area is 274 Å². The van der Waals surface area contributed by atoms with E-state index in [1.807, 2.05) is 10.6 Å². The maximum Gasteiger partial charge on any atom is 0.328 e. The zero-order chi connectivity index (χ0) is 36.4. The van der Waals surface area contributed by atoms with Gasteiger partial charge in [-0.1, -0.05) is 18.6 Å². The van der Waals surface area contributed by atoms with Gasteiger partial charge in [-0.05, 0) is 37.1 Å². The predicted molar refractivity (Wildman–Crippen MR) is 165 cm³/mol. The van der Waals surface area contributed by atoms with Crippen LogP contribution in [0, 0.1) is 0 Å². The third kappa shape index (κ3) is 14.3. The molecule has 0 aliphatic heterocycles. The molecule has 16 N–H and O–H groups in total. The maximum atomic E-state index is 13.4. The van der Waals surface area contributed by atoms with E-state index in [9.17, 15) is 48.9 Å². The third-order valence-electron chi connectivity index (χ3n) is 6.78. The highest BCUT2D eigenvalue weighted by molar-refractivity contribution is 5.97. The number of hydrogen-bond acceptors (Lipinski definition) is 13. The molecule has 1 rings (SSSR count). The van der Waals surface area contributed by atoms with E-state index in [1.165, 1.54) is 24.3 Å². The van der Waals surface area contributed by atoms with Crippen LogP contribution in [0.25, 0.3) is 0 Å². The number of aromatic hydroxyl groups is 1. The monoisotopic (exact) mass is 684 g/mol. The molecule has 20 heteroatoms. The molecule has 0 heterocycles. The van der Waals surface area contributed by atoms with Gasteiger partial charge in [0.05, 0.1) is 32.3 Å². The Morgan fingerprint density at radius 1 is 0.646 bits per heavy atom. The first-order valence-corrected chi connectivity index (χ1v) is 14.8. The number of phenols is 1. The highest BCUT2D eigenvalue weighted by Crippen LogP contribution is 2.12. The van der Waals surface area contributed by atoms with E-state index in [0.29, 0.717) is 24.9 Å². The molecule has 268 valence electrons. The minimum absolute atomic E-state index is 0.107. The van der Waals surface area contributed by atoms with Crippen LogP contribution in [0.15, 0.2) is 24.3 Å². The Morgan fingerprint density at radius 3 is 1.54 bits per heavy atom. The molecule has 0 unspecified atom stereocenters. The Hall–Kier alpha value is -4.89. The number of nitrogens with one attached hydrogen (secondary N) is 5. The molecule has 0 saturated heterocycles. The smallest absolute Gasteiger partial charge is 0.328 e. The van der Waals surface area contributed by atoms with Crippen LogP contribution in [0.1, 0.15) is 31.2 Å². The number of carbonyl (C=O) groups excluding carboxylic acids is 6. The second kappa shape index (κ2) is 21.1. The number of carboxylic acids is 1. The van der Waals surface area contributed by atoms with E-state index < -0.39 is 104 Å². The summed E-state index contributed by atoms with van der Waals surface area (Å²) in [5.74, 6) is -7.95. The fourth-order valence-corrected chi connectivity index (χ4v) is 4.07. The van der Waals surface area contributed by atoms with E-state index in [0.717, 1.165) is 0 Å². The Balaban J connectivity index is 3.19. The summed E-state index contributed by atoms with van der Waals surface area (Å²) in [6, 6.07) is -4.02. The maximum absolute atomic E-state index is 13.4. The van der Waals surface area contributed by atoms with Crippen LogP contribution in [0.2, 0.25) is 0 Å². The van der Waals surface area contributed by atoms with E-state index in [-0.39, 0.29) is 18.6 Å². The number of nitrogens with two attached hydrogens (primary N) is 3. The average molecular weight is 685 g/mol. The van der Waals surface area contributed by atoms with Gasteiger partial charge in [-0.15, -0.1) is 0 Å². The second-order valence-corrected chi connectivity index (χ2v) is 10.6. The first kappa shape index (κ1) is 41.1. The van der Waals surface area contributed by atoms with Crippen molar-refractivity contribution in [3.63, 3.8) is 0 Å². The summed E-state index contributed by atoms with van der Waals surface area (Å²) in [6.07, 6.45) is 0.390. The summed E-state index contributed by atoms with van der Waals surface area (Å²) < 4.78 is 0. The number of primary amides is 1. The summed E-state index contributed by atoms with van der Waals surface area (Å²) in [5, 5.41) is 58.0. The lowest BCUT2D eigenvalue weighted by Gasteiger charge is -2.26. The molecule has 20 nitrogen and oxygen atoms in total. The lowest BCUT2D eigenvalue weighted by atomic mass is 10.0. The molecule has 48 heavy (non-hydrogen) atoms. The van der Waals surface area contributed by atoms with Crippen molar-refractivity contribution < 1.29 is 59.1 Å². The quantitative estimate of drug-likeness (QED) is 0.0506. The van der Waals surface area contributed by atoms with Gasteiger partial charge in [0.15, 0.2) is 0 Å². The summed E-state index contributed by atoms with van der Waals surface area (Å²) in [5.41, 5.74) is 17.0. The summed E-state index contributed by atoms with van der Waals surface area (Å²) in [7, 11) is 0. The molecule has 0 spiro atoms. The van der Waals surface area contributed by atoms with Crippen molar-refractivity contribution in [2.45, 2.75) is 68.4 Å². The van der Waals surface area contributed by atoms with Crippen LogP contribution in [0.5, 0.6) is 5.75 Å². The van der Waals surface area contributed by atoms with Gasteiger partial charge in [-0.25, -0.2) is 4.79 Å². The molecule has 0 bridgehead atoms. The Bertz CT molecular complexity index is 1270. The van der Waals surface area contributed by atoms with E-state index in [1.54, 1.807) is 0 Å². The minimum atomic E-state index is -1.78. The number of carbonyl (C=O) groups is 7. The number of rotatable bonds is 22. The van der Waals surface area contributed by atoms with Crippen LogP contribution in [-0.2, 0) is 40.0 Å². The molecule has 1 aromatic carbocycles. The van der Waals surface area contributed by atoms with Gasteiger partial charge in [0.2, 0.25) is 35.4 Å². The standard InChI is InChI=1S/C28H44N8O12/c29-8-2-1-3-16(30)23(42)32-18(10-22(31)41)25(44)33-17(9-14-4-6-15(40)7-5-14)24(43)34-19(11-37)26(45)35-20(12-38)27(46)36-21(13-39)28(47)48/h4-7,16-21,37-40H,1-3,8-13,29-30H2,(H2,31,41)(H,32,42)(H,33,44)(H,34,43)(H,35,45)(H,36,46)(H,47,48)/t16-,17-,18-,19-,20-,21-/m0/s1. The molecule has 6 atom stereocenters. The number of phenolic OH excluding ortho intramolecular Hbond substituents is 1. The number of aliphatic carboxylic acids is 1. The van der Waals surface area contributed by atoms with Gasteiger partial charge >= 0.3 is 5.97 Å². The summed E-state index contributed by atoms with van der Waals surface area (Å²) in [4.78, 5) is 87.3. The van der Waals surface area contributed by atoms with Gasteiger partial charge in [-0.2, -0.15) is 0 Å². The van der Waals surface area contributed by atoms with Gasteiger partial charge < -0.3 is 69.3 Å². The van der Waals surface area contributed by atoms with Crippen molar-refractivity contribution >= 4 is 41.4 Å². The van der Waals surface area contributed by atoms with Crippen molar-refractivity contribution in [2.24, 2.45) is 17.2 Å². The number of carboxylic acid groups (broad SMARTS) is 1. The first-order valence-electron chi connectivity index (χ1n) is 14.8. The van der Waals surface area contributed by atoms with E-state index in [4.69, 9.17) is 27.4 Å². The van der Waals surface area contributed by atoms with E-state index in [2.05, 4.69) is 16.0 Å². The SMILES string of the molecule is NCCCC[C@H](N)C(=O)N[C@@H](CC(N)=O)C(=O)N[C@@H](Cc1ccc(O)cc1)C(=O)N[C@@H](CO)C(=O)N[C@@H](CO)C(=O)N[C@@H](CO)C(=O)O. The Morgan fingerprint density at radius 2 is 1.08 bits per heavy atom. The topological polar surface area (TPSA) is 359 Å². The van der Waals surface area contributed by atoms with Crippen LogP contribution in [-0.4, -0.2) is 130 Å². The van der Waals surface area contributed by atoms with Gasteiger partial charge in [0.1, 0.15) is 36.0 Å². The number of hydrogen-bond donors (Lipinski definition) is 13. The van der Waals surface area contributed by atoms with Crippen LogP contribution >= 0.6 is 0 Å².